The second kappa shape index (κ2) is 6.67. The lowest BCUT2D eigenvalue weighted by Crippen LogP contribution is -2.54. The lowest BCUT2D eigenvalue weighted by Gasteiger charge is -2.35. The fourth-order valence-electron chi connectivity index (χ4n) is 3.34. The van der Waals surface area contributed by atoms with Gasteiger partial charge in [0.2, 0.25) is 0 Å². The third kappa shape index (κ3) is 2.86. The molecule has 0 saturated carbocycles. The van der Waals surface area contributed by atoms with Gasteiger partial charge in [-0.1, -0.05) is 6.07 Å². The summed E-state index contributed by atoms with van der Waals surface area (Å²) < 4.78 is 5.17. The van der Waals surface area contributed by atoms with Crippen molar-refractivity contribution in [3.05, 3.63) is 48.5 Å². The van der Waals surface area contributed by atoms with Crippen LogP contribution in [0.25, 0.3) is 0 Å². The van der Waals surface area contributed by atoms with Gasteiger partial charge in [-0.2, -0.15) is 0 Å². The first-order valence-corrected chi connectivity index (χ1v) is 8.44. The van der Waals surface area contributed by atoms with Crippen LogP contribution < -0.4 is 9.64 Å². The van der Waals surface area contributed by atoms with Crippen LogP contribution in [0.2, 0.25) is 0 Å². The zero-order valence-electron chi connectivity index (χ0n) is 14.6. The quantitative estimate of drug-likeness (QED) is 0.744. The molecule has 9 heteroatoms. The summed E-state index contributed by atoms with van der Waals surface area (Å²) in [6, 6.07) is 5.68. The molecule has 0 aliphatic carbocycles. The van der Waals surface area contributed by atoms with Crippen LogP contribution in [-0.2, 0) is 4.79 Å². The number of hydrogen-bond donors (Lipinski definition) is 0. The van der Waals surface area contributed by atoms with Crippen molar-refractivity contribution in [1.29, 1.82) is 0 Å². The molecule has 9 nitrogen and oxygen atoms in total. The maximum absolute atomic E-state index is 12.9. The number of piperazine rings is 1. The Hall–Kier alpha value is -3.49. The van der Waals surface area contributed by atoms with Crippen molar-refractivity contribution in [1.82, 2.24) is 19.8 Å². The van der Waals surface area contributed by atoms with E-state index in [2.05, 4.69) is 9.97 Å². The van der Waals surface area contributed by atoms with Crippen molar-refractivity contribution in [2.24, 2.45) is 0 Å². The Bertz CT molecular complexity index is 904. The number of carbonyl (C=O) groups is 3. The van der Waals surface area contributed by atoms with Crippen LogP contribution in [0.15, 0.2) is 42.9 Å². The van der Waals surface area contributed by atoms with E-state index < -0.39 is 6.04 Å². The van der Waals surface area contributed by atoms with Crippen molar-refractivity contribution in [2.75, 3.05) is 31.6 Å². The van der Waals surface area contributed by atoms with Crippen LogP contribution in [-0.4, -0.2) is 70.4 Å². The Morgan fingerprint density at radius 1 is 1.22 bits per heavy atom. The zero-order chi connectivity index (χ0) is 19.0. The largest absolute Gasteiger partial charge is 0.497 e. The van der Waals surface area contributed by atoms with Crippen molar-refractivity contribution in [3.8, 4) is 5.75 Å². The number of amides is 4. The van der Waals surface area contributed by atoms with Gasteiger partial charge in [0.15, 0.2) is 0 Å². The zero-order valence-corrected chi connectivity index (χ0v) is 14.6. The van der Waals surface area contributed by atoms with Crippen LogP contribution in [0.3, 0.4) is 0 Å². The summed E-state index contributed by atoms with van der Waals surface area (Å²) in [5.74, 6) is -0.106. The maximum atomic E-state index is 12.9. The summed E-state index contributed by atoms with van der Waals surface area (Å²) in [5, 5.41) is 0. The summed E-state index contributed by atoms with van der Waals surface area (Å²) >= 11 is 0. The predicted octanol–water partition coefficient (Wildman–Crippen LogP) is 0.778. The van der Waals surface area contributed by atoms with Gasteiger partial charge in [0, 0.05) is 31.5 Å². The van der Waals surface area contributed by atoms with Crippen LogP contribution >= 0.6 is 0 Å². The highest BCUT2D eigenvalue weighted by atomic mass is 16.5. The van der Waals surface area contributed by atoms with E-state index in [1.54, 1.807) is 24.3 Å². The number of anilines is 1. The van der Waals surface area contributed by atoms with Gasteiger partial charge >= 0.3 is 6.03 Å². The van der Waals surface area contributed by atoms with Gasteiger partial charge in [-0.15, -0.1) is 0 Å². The molecule has 1 aromatic heterocycles. The molecule has 138 valence electrons. The van der Waals surface area contributed by atoms with Crippen molar-refractivity contribution >= 4 is 23.5 Å². The number of carbonyl (C=O) groups excluding carboxylic acids is 3. The molecule has 2 aromatic rings. The Kier molecular flexibility index (Phi) is 4.19. The van der Waals surface area contributed by atoms with E-state index in [1.165, 1.54) is 35.5 Å². The summed E-state index contributed by atoms with van der Waals surface area (Å²) in [6.07, 6.45) is 4.32. The highest BCUT2D eigenvalue weighted by Crippen LogP contribution is 2.30. The molecule has 2 fully saturated rings. The normalized spacial score (nSPS) is 19.3. The van der Waals surface area contributed by atoms with Gasteiger partial charge in [-0.25, -0.2) is 14.7 Å². The number of methoxy groups -OCH3 is 1. The number of imide groups is 1. The molecule has 0 radical (unpaired) electrons. The molecule has 4 rings (SSSR count). The van der Waals surface area contributed by atoms with Crippen molar-refractivity contribution in [3.63, 3.8) is 0 Å². The summed E-state index contributed by atoms with van der Waals surface area (Å²) in [5.41, 5.74) is 0.665. The molecule has 2 saturated heterocycles. The third-order valence-electron chi connectivity index (χ3n) is 4.70. The lowest BCUT2D eigenvalue weighted by molar-refractivity contribution is -0.120. The maximum Gasteiger partial charge on any atom is 0.332 e. The minimum Gasteiger partial charge on any atom is -0.497 e. The summed E-state index contributed by atoms with van der Waals surface area (Å²) in [7, 11) is 1.52. The molecule has 0 unspecified atom stereocenters. The van der Waals surface area contributed by atoms with Crippen molar-refractivity contribution in [2.45, 2.75) is 6.04 Å². The minimum atomic E-state index is -0.710. The van der Waals surface area contributed by atoms with Crippen LogP contribution in [0.5, 0.6) is 5.75 Å². The monoisotopic (exact) mass is 367 g/mol. The van der Waals surface area contributed by atoms with Gasteiger partial charge in [-0.3, -0.25) is 14.6 Å². The highest BCUT2D eigenvalue weighted by molar-refractivity contribution is 6.21. The molecule has 4 amide bonds. The first-order valence-electron chi connectivity index (χ1n) is 8.44. The number of aromatic nitrogens is 2. The molecule has 1 aromatic carbocycles. The molecule has 1 atom stereocenters. The Morgan fingerprint density at radius 2 is 2.07 bits per heavy atom. The molecule has 0 N–H and O–H groups in total. The number of nitrogens with zero attached hydrogens (tertiary/aromatic N) is 5. The number of ether oxygens (including phenoxy) is 1. The molecular weight excluding hydrogens is 350 g/mol. The fourth-order valence-corrected chi connectivity index (χ4v) is 3.34. The van der Waals surface area contributed by atoms with E-state index in [0.29, 0.717) is 18.0 Å². The van der Waals surface area contributed by atoms with Gasteiger partial charge < -0.3 is 14.5 Å². The molecular formula is C18H17N5O4. The van der Waals surface area contributed by atoms with Gasteiger partial charge in [0.05, 0.1) is 25.5 Å². The van der Waals surface area contributed by atoms with E-state index in [-0.39, 0.29) is 36.6 Å². The number of fused-ring (bicyclic) bond motifs is 1. The van der Waals surface area contributed by atoms with E-state index >= 15 is 0 Å². The van der Waals surface area contributed by atoms with E-state index in [4.69, 9.17) is 4.74 Å². The molecule has 27 heavy (non-hydrogen) atoms. The number of benzene rings is 1. The average Bonchev–Trinajstić information content (AvgIpc) is 2.98. The molecule has 0 bridgehead atoms. The Morgan fingerprint density at radius 3 is 2.81 bits per heavy atom. The molecule has 3 heterocycles. The lowest BCUT2D eigenvalue weighted by atomic mass is 10.1. The van der Waals surface area contributed by atoms with E-state index in [9.17, 15) is 14.4 Å². The van der Waals surface area contributed by atoms with Gasteiger partial charge in [0.1, 0.15) is 17.5 Å². The second-order valence-corrected chi connectivity index (χ2v) is 6.21. The summed E-state index contributed by atoms with van der Waals surface area (Å²) in [4.78, 5) is 50.4. The topological polar surface area (TPSA) is 95.9 Å². The van der Waals surface area contributed by atoms with Gasteiger partial charge in [-0.05, 0) is 12.1 Å². The van der Waals surface area contributed by atoms with E-state index in [1.807, 2.05) is 0 Å². The molecule has 0 spiro atoms. The summed E-state index contributed by atoms with van der Waals surface area (Å²) in [6.45, 7) is 0.735. The third-order valence-corrected chi connectivity index (χ3v) is 4.70. The van der Waals surface area contributed by atoms with E-state index in [0.717, 1.165) is 4.90 Å². The van der Waals surface area contributed by atoms with Crippen molar-refractivity contribution < 1.29 is 19.1 Å². The fraction of sp³-hybridized carbons (Fsp3) is 0.278. The Balaban J connectivity index is 1.57. The smallest absolute Gasteiger partial charge is 0.332 e. The van der Waals surface area contributed by atoms with Crippen LogP contribution in [0.1, 0.15) is 10.5 Å². The SMILES string of the molecule is COc1cccc(N2C(=O)[C@H]3CN(C(=O)c4cnccn4)CCN3C2=O)c1. The predicted molar refractivity (Wildman–Crippen MR) is 94.3 cm³/mol. The number of urea groups is 1. The second-order valence-electron chi connectivity index (χ2n) is 6.21. The number of hydrogen-bond acceptors (Lipinski definition) is 6. The van der Waals surface area contributed by atoms with Crippen LogP contribution in [0, 0.1) is 0 Å². The highest BCUT2D eigenvalue weighted by Gasteiger charge is 2.49. The average molecular weight is 367 g/mol. The minimum absolute atomic E-state index is 0.125. The first-order chi connectivity index (χ1) is 13.1. The Labute approximate surface area is 155 Å². The van der Waals surface area contributed by atoms with Gasteiger partial charge in [0.25, 0.3) is 11.8 Å². The first kappa shape index (κ1) is 17.0. The standard InChI is InChI=1S/C18H17N5O4/c1-27-13-4-2-3-12(9-13)23-17(25)15-11-21(7-8-22(15)18(23)26)16(24)14-10-19-5-6-20-14/h2-6,9-10,15H,7-8,11H2,1H3/t15-/m1/s1. The number of rotatable bonds is 3. The molecule has 2 aliphatic heterocycles. The molecule has 2 aliphatic rings. The van der Waals surface area contributed by atoms with Crippen LogP contribution in [0.4, 0.5) is 10.5 Å².